The number of phenols is 5. The number of hydrogen-bond donors (Lipinski definition) is 9. The van der Waals surface area contributed by atoms with Gasteiger partial charge in [0.25, 0.3) is 0 Å². The zero-order chi connectivity index (χ0) is 29.9. The van der Waals surface area contributed by atoms with Gasteiger partial charge in [0.15, 0.2) is 28.8 Å². The molecule has 3 aromatic rings. The second-order valence-corrected chi connectivity index (χ2v) is 9.97. The largest absolute Gasteiger partial charge is 0.508 e. The van der Waals surface area contributed by atoms with Gasteiger partial charge in [-0.05, 0) is 35.9 Å². The molecule has 0 amide bonds. The van der Waals surface area contributed by atoms with Gasteiger partial charge in [-0.15, -0.1) is 0 Å². The average Bonchev–Trinajstić information content (AvgIpc) is 2.96. The summed E-state index contributed by atoms with van der Waals surface area (Å²) in [5.74, 6) is -2.43. The van der Waals surface area contributed by atoms with E-state index in [9.17, 15) is 46.0 Å². The molecule has 9 N–H and O–H groups in total. The van der Waals surface area contributed by atoms with Crippen molar-refractivity contribution in [2.75, 3.05) is 6.61 Å². The van der Waals surface area contributed by atoms with Gasteiger partial charge in [0.05, 0.1) is 12.2 Å². The van der Waals surface area contributed by atoms with E-state index in [0.29, 0.717) is 11.1 Å². The van der Waals surface area contributed by atoms with E-state index in [1.165, 1.54) is 24.3 Å². The number of aliphatic hydroxyl groups is 4. The van der Waals surface area contributed by atoms with E-state index in [-0.39, 0.29) is 45.7 Å². The van der Waals surface area contributed by atoms with Crippen LogP contribution in [0.4, 0.5) is 0 Å². The van der Waals surface area contributed by atoms with Crippen molar-refractivity contribution in [3.05, 3.63) is 77.1 Å². The van der Waals surface area contributed by atoms with Crippen LogP contribution in [0.25, 0.3) is 11.3 Å². The summed E-state index contributed by atoms with van der Waals surface area (Å²) in [6, 6.07) is 10.9. The highest BCUT2D eigenvalue weighted by molar-refractivity contribution is 5.95. The third-order valence-corrected chi connectivity index (χ3v) is 7.19. The number of benzene rings is 3. The molecule has 0 spiro atoms. The second kappa shape index (κ2) is 10.3. The highest BCUT2D eigenvalue weighted by Crippen LogP contribution is 2.53. The molecule has 6 atom stereocenters. The van der Waals surface area contributed by atoms with Gasteiger partial charge >= 0.3 is 0 Å². The van der Waals surface area contributed by atoms with Crippen molar-refractivity contribution in [1.29, 1.82) is 0 Å². The fraction of sp³-hybridized carbons (Fsp3) is 0.241. The first kappa shape index (κ1) is 27.5. The average molecular weight is 583 g/mol. The van der Waals surface area contributed by atoms with Gasteiger partial charge in [-0.3, -0.25) is 0 Å². The Morgan fingerprint density at radius 2 is 1.43 bits per heavy atom. The lowest BCUT2D eigenvalue weighted by molar-refractivity contribution is -0.290. The van der Waals surface area contributed by atoms with Crippen LogP contribution in [0, 0.1) is 0 Å². The van der Waals surface area contributed by atoms with E-state index in [1.807, 2.05) is 0 Å². The van der Waals surface area contributed by atoms with Crippen LogP contribution in [-0.2, 0) is 9.47 Å². The predicted octanol–water partition coefficient (Wildman–Crippen LogP) is 1.31. The maximum atomic E-state index is 10.7. The van der Waals surface area contributed by atoms with Gasteiger partial charge in [-0.2, -0.15) is 0 Å². The van der Waals surface area contributed by atoms with Gasteiger partial charge in [-0.25, -0.2) is 0 Å². The topological polar surface area (TPSA) is 219 Å². The molecule has 3 aliphatic rings. The molecule has 6 unspecified atom stereocenters. The van der Waals surface area contributed by atoms with Crippen molar-refractivity contribution in [1.82, 2.24) is 0 Å². The van der Waals surface area contributed by atoms with Crippen molar-refractivity contribution in [3.63, 3.8) is 0 Å². The molecule has 3 heterocycles. The van der Waals surface area contributed by atoms with Crippen molar-refractivity contribution >= 4 is 11.3 Å². The quantitative estimate of drug-likeness (QED) is 0.194. The van der Waals surface area contributed by atoms with Crippen molar-refractivity contribution in [2.24, 2.45) is 0 Å². The minimum absolute atomic E-state index is 0.00786. The lowest BCUT2D eigenvalue weighted by Gasteiger charge is -2.41. The summed E-state index contributed by atoms with van der Waals surface area (Å²) in [4.78, 5) is 0. The fourth-order valence-electron chi connectivity index (χ4n) is 5.04. The number of ether oxygens (including phenoxy) is 4. The molecule has 3 aliphatic heterocycles. The molecule has 1 saturated heterocycles. The zero-order valence-corrected chi connectivity index (χ0v) is 21.5. The molecule has 0 saturated carbocycles. The first-order valence-electron chi connectivity index (χ1n) is 12.8. The minimum atomic E-state index is -1.80. The Labute approximate surface area is 237 Å². The second-order valence-electron chi connectivity index (χ2n) is 9.97. The van der Waals surface area contributed by atoms with E-state index in [4.69, 9.17) is 18.9 Å². The number of phenolic OH excluding ortho intramolecular Hbond substituents is 5. The Hall–Kier alpha value is -4.66. The Kier molecular flexibility index (Phi) is 6.75. The summed E-state index contributed by atoms with van der Waals surface area (Å²) in [6.45, 7) is -0.710. The molecule has 1 fully saturated rings. The van der Waals surface area contributed by atoms with Crippen molar-refractivity contribution < 1.29 is 64.9 Å². The van der Waals surface area contributed by atoms with Crippen LogP contribution in [0.1, 0.15) is 22.8 Å². The third kappa shape index (κ3) is 4.58. The van der Waals surface area contributed by atoms with E-state index >= 15 is 0 Å². The van der Waals surface area contributed by atoms with Crippen LogP contribution < -0.4 is 9.47 Å². The first-order valence-corrected chi connectivity index (χ1v) is 12.8. The summed E-state index contributed by atoms with van der Waals surface area (Å²) in [5.41, 5.74) is 1.19. The number of allylic oxidation sites excluding steroid dienone is 1. The predicted molar refractivity (Wildman–Crippen MR) is 141 cm³/mol. The summed E-state index contributed by atoms with van der Waals surface area (Å²) in [6.07, 6.45) is -7.35. The van der Waals surface area contributed by atoms with Crippen LogP contribution in [0.5, 0.6) is 40.2 Å². The van der Waals surface area contributed by atoms with Crippen LogP contribution in [-0.4, -0.2) is 83.3 Å². The van der Waals surface area contributed by atoms with Crippen molar-refractivity contribution in [3.8, 4) is 40.2 Å². The molecular formula is C29H26O13. The molecule has 0 bridgehead atoms. The SMILES string of the molecule is OCC1OC(OC2=C(c3cc(O)c(O)c(O)c3)Oc3cc(O)cc4c3C2=CC(c2ccc(O)cc2)O4)C(O)C(O)C1O. The third-order valence-electron chi connectivity index (χ3n) is 7.19. The molecule has 220 valence electrons. The van der Waals surface area contributed by atoms with Gasteiger partial charge < -0.3 is 64.9 Å². The molecular weight excluding hydrogens is 556 g/mol. The summed E-state index contributed by atoms with van der Waals surface area (Å²) < 4.78 is 23.9. The molecule has 0 aliphatic carbocycles. The van der Waals surface area contributed by atoms with Crippen molar-refractivity contribution in [2.45, 2.75) is 36.8 Å². The van der Waals surface area contributed by atoms with E-state index < -0.39 is 60.7 Å². The number of hydrogen-bond acceptors (Lipinski definition) is 13. The lowest BCUT2D eigenvalue weighted by Crippen LogP contribution is -2.59. The van der Waals surface area contributed by atoms with Gasteiger partial charge in [0, 0.05) is 23.3 Å². The van der Waals surface area contributed by atoms with E-state index in [0.717, 1.165) is 12.1 Å². The van der Waals surface area contributed by atoms with Crippen LogP contribution >= 0.6 is 0 Å². The summed E-state index contributed by atoms with van der Waals surface area (Å²) in [7, 11) is 0. The molecule has 13 nitrogen and oxygen atoms in total. The Balaban J connectivity index is 1.55. The van der Waals surface area contributed by atoms with Crippen LogP contribution in [0.3, 0.4) is 0 Å². The highest BCUT2D eigenvalue weighted by atomic mass is 16.7. The summed E-state index contributed by atoms with van der Waals surface area (Å²) >= 11 is 0. The normalized spacial score (nSPS) is 26.5. The number of aliphatic hydroxyl groups excluding tert-OH is 4. The maximum Gasteiger partial charge on any atom is 0.229 e. The van der Waals surface area contributed by atoms with E-state index in [2.05, 4.69) is 0 Å². The standard InChI is InChI=1S/C29H26O13/c30-10-21-24(36)25(37)26(38)29(41-21)42-28-15-9-18(11-1-3-13(31)4-2-11)39-19-7-14(32)8-20(22(15)19)40-27(28)12-5-16(33)23(35)17(34)6-12/h1-9,18,21,24-26,29-38H,10H2. The number of rotatable bonds is 5. The number of aromatic hydroxyl groups is 5. The minimum Gasteiger partial charge on any atom is -0.508 e. The molecule has 0 radical (unpaired) electrons. The zero-order valence-electron chi connectivity index (χ0n) is 21.5. The highest BCUT2D eigenvalue weighted by Gasteiger charge is 2.46. The Morgan fingerprint density at radius 3 is 2.10 bits per heavy atom. The molecule has 42 heavy (non-hydrogen) atoms. The molecule has 13 heteroatoms. The monoisotopic (exact) mass is 582 g/mol. The van der Waals surface area contributed by atoms with Crippen LogP contribution in [0.2, 0.25) is 0 Å². The molecule has 6 rings (SSSR count). The Morgan fingerprint density at radius 1 is 0.762 bits per heavy atom. The fourth-order valence-corrected chi connectivity index (χ4v) is 5.04. The van der Waals surface area contributed by atoms with E-state index in [1.54, 1.807) is 18.2 Å². The first-order chi connectivity index (χ1) is 20.0. The Bertz CT molecular complexity index is 1570. The lowest BCUT2D eigenvalue weighted by atomic mass is 9.91. The van der Waals surface area contributed by atoms with Crippen LogP contribution in [0.15, 0.2) is 60.4 Å². The van der Waals surface area contributed by atoms with Gasteiger partial charge in [-0.1, -0.05) is 12.1 Å². The molecule has 0 aromatic heterocycles. The smallest absolute Gasteiger partial charge is 0.229 e. The molecule has 3 aromatic carbocycles. The van der Waals surface area contributed by atoms with Gasteiger partial charge in [0.1, 0.15) is 53.5 Å². The van der Waals surface area contributed by atoms with Gasteiger partial charge in [0.2, 0.25) is 6.29 Å². The summed E-state index contributed by atoms with van der Waals surface area (Å²) in [5, 5.41) is 91.6. The maximum absolute atomic E-state index is 10.7.